The summed E-state index contributed by atoms with van der Waals surface area (Å²) in [6.45, 7) is 4.25. The van der Waals surface area contributed by atoms with Crippen LogP contribution in [0.2, 0.25) is 0 Å². The normalized spacial score (nSPS) is 10.6. The van der Waals surface area contributed by atoms with Crippen molar-refractivity contribution in [3.05, 3.63) is 0 Å². The number of hydroxylamine groups is 3. The van der Waals surface area contributed by atoms with Crippen molar-refractivity contribution >= 4 is 10.4 Å². The van der Waals surface area contributed by atoms with Crippen LogP contribution in [0, 0.1) is 0 Å². The van der Waals surface area contributed by atoms with Crippen molar-refractivity contribution in [2.24, 2.45) is 0 Å². The van der Waals surface area contributed by atoms with Crippen LogP contribution in [0.4, 0.5) is 0 Å². The second-order valence-electron chi connectivity index (χ2n) is 3.22. The second kappa shape index (κ2) is 9.35. The van der Waals surface area contributed by atoms with Crippen LogP contribution in [-0.4, -0.2) is 51.1 Å². The molecule has 0 radical (unpaired) electrons. The third-order valence-corrected chi connectivity index (χ3v) is 0.612. The van der Waals surface area contributed by atoms with Gasteiger partial charge in [0.15, 0.2) is 0 Å². The largest absolute Gasteiger partial charge is 0.726 e. The zero-order valence-corrected chi connectivity index (χ0v) is 10.5. The molecule has 90 valence electrons. The van der Waals surface area contributed by atoms with Gasteiger partial charge in [0.2, 0.25) is 10.4 Å². The molecule has 6 nitrogen and oxygen atoms in total. The molecule has 0 heterocycles. The van der Waals surface area contributed by atoms with Crippen LogP contribution >= 0.6 is 0 Å². The summed E-state index contributed by atoms with van der Waals surface area (Å²) < 4.78 is 31.0. The lowest BCUT2D eigenvalue weighted by Gasteiger charge is -2.09. The molecule has 0 amide bonds. The van der Waals surface area contributed by atoms with Gasteiger partial charge in [-0.3, -0.25) is 4.18 Å². The highest BCUT2D eigenvalue weighted by Gasteiger charge is 1.92. The van der Waals surface area contributed by atoms with Crippen molar-refractivity contribution in [3.63, 3.8) is 0 Å². The number of nitrogens with zero attached hydrogens (tertiary/aromatic N) is 1. The maximum atomic E-state index is 9.22. The van der Waals surface area contributed by atoms with Crippen molar-refractivity contribution in [3.8, 4) is 0 Å². The van der Waals surface area contributed by atoms with E-state index in [4.69, 9.17) is 5.21 Å². The molecule has 0 unspecified atom stereocenters. The van der Waals surface area contributed by atoms with E-state index in [-0.39, 0.29) is 4.65 Å². The van der Waals surface area contributed by atoms with Crippen LogP contribution < -0.4 is 0 Å². The lowest BCUT2D eigenvalue weighted by atomic mass is 10.6. The Morgan fingerprint density at radius 2 is 1.36 bits per heavy atom. The standard InChI is InChI=1S/C3H10NO.C3H8.CH4O4S/c1-4(2,3)5;1-3-2;1-5-6(2,3)4/h5H,1-3H3;3H2,1-2H3;1H3,(H,2,3,4)/q+1;;/p-1. The Bertz CT molecular complexity index is 189. The number of quaternary nitrogens is 1. The van der Waals surface area contributed by atoms with Gasteiger partial charge < -0.3 is 4.55 Å². The minimum absolute atomic E-state index is 0. The highest BCUT2D eigenvalue weighted by molar-refractivity contribution is 7.80. The first-order valence-electron chi connectivity index (χ1n) is 4.03. The Morgan fingerprint density at radius 1 is 1.29 bits per heavy atom. The molecule has 1 N–H and O–H groups in total. The van der Waals surface area contributed by atoms with E-state index in [2.05, 4.69) is 18.0 Å². The van der Waals surface area contributed by atoms with Gasteiger partial charge in [-0.05, 0) is 0 Å². The Hall–Kier alpha value is -0.210. The van der Waals surface area contributed by atoms with Crippen LogP contribution in [0.1, 0.15) is 20.3 Å². The minimum atomic E-state index is -4.41. The van der Waals surface area contributed by atoms with E-state index >= 15 is 0 Å². The first kappa shape index (κ1) is 19.4. The predicted molar refractivity (Wildman–Crippen MR) is 52.5 cm³/mol. The zero-order chi connectivity index (χ0) is 12.4. The second-order valence-corrected chi connectivity index (χ2v) is 4.37. The van der Waals surface area contributed by atoms with Gasteiger partial charge in [-0.25, -0.2) is 13.6 Å². The molecule has 0 aliphatic rings. The monoisotopic (exact) mass is 231 g/mol. The summed E-state index contributed by atoms with van der Waals surface area (Å²) in [6, 6.07) is 0. The minimum Gasteiger partial charge on any atom is -0.726 e. The molecule has 0 aromatic carbocycles. The average molecular weight is 231 g/mol. The molecule has 0 saturated carbocycles. The Labute approximate surface area is 86.6 Å². The van der Waals surface area contributed by atoms with Crippen LogP contribution in [0.5, 0.6) is 0 Å². The molecule has 0 spiro atoms. The van der Waals surface area contributed by atoms with Crippen LogP contribution in [0.3, 0.4) is 0 Å². The molecule has 0 aromatic heterocycles. The zero-order valence-electron chi connectivity index (χ0n) is 9.64. The van der Waals surface area contributed by atoms with Crippen molar-refractivity contribution in [1.82, 2.24) is 0 Å². The molecule has 0 fully saturated rings. The summed E-state index contributed by atoms with van der Waals surface area (Å²) in [6.07, 6.45) is 1.25. The van der Waals surface area contributed by atoms with Crippen molar-refractivity contribution in [2.45, 2.75) is 20.3 Å². The van der Waals surface area contributed by atoms with Crippen LogP contribution in [0.15, 0.2) is 0 Å². The molecule has 0 saturated heterocycles. The average Bonchev–Trinajstić information content (AvgIpc) is 1.84. The lowest BCUT2D eigenvalue weighted by molar-refractivity contribution is -1.06. The number of hydrogen-bond acceptors (Lipinski definition) is 5. The molecular weight excluding hydrogens is 210 g/mol. The molecule has 0 bridgehead atoms. The van der Waals surface area contributed by atoms with E-state index in [9.17, 15) is 13.0 Å². The smallest absolute Gasteiger partial charge is 0.217 e. The molecule has 0 atom stereocenters. The SMILES string of the molecule is CCC.COS(=O)(=O)[O-].C[N+](C)(C)O. The van der Waals surface area contributed by atoms with Gasteiger partial charge in [-0.2, -0.15) is 4.65 Å². The highest BCUT2D eigenvalue weighted by Crippen LogP contribution is 1.74. The van der Waals surface area contributed by atoms with E-state index in [0.717, 1.165) is 7.11 Å². The molecule has 14 heavy (non-hydrogen) atoms. The topological polar surface area (TPSA) is 86.7 Å². The van der Waals surface area contributed by atoms with E-state index in [0.29, 0.717) is 0 Å². The summed E-state index contributed by atoms with van der Waals surface area (Å²) >= 11 is 0. The third kappa shape index (κ3) is 176. The summed E-state index contributed by atoms with van der Waals surface area (Å²) in [4.78, 5) is 0. The van der Waals surface area contributed by atoms with Crippen molar-refractivity contribution < 1.29 is 27.0 Å². The highest BCUT2D eigenvalue weighted by atomic mass is 32.3. The van der Waals surface area contributed by atoms with E-state index in [1.54, 1.807) is 21.1 Å². The van der Waals surface area contributed by atoms with Gasteiger partial charge in [0, 0.05) is 0 Å². The van der Waals surface area contributed by atoms with Crippen LogP contribution in [0.25, 0.3) is 0 Å². The van der Waals surface area contributed by atoms with Crippen molar-refractivity contribution in [2.75, 3.05) is 28.3 Å². The first-order valence-corrected chi connectivity index (χ1v) is 5.36. The lowest BCUT2D eigenvalue weighted by Crippen LogP contribution is -2.28. The van der Waals surface area contributed by atoms with Gasteiger partial charge >= 0.3 is 0 Å². The summed E-state index contributed by atoms with van der Waals surface area (Å²) in [7, 11) is 1.44. The predicted octanol–water partition coefficient (Wildman–Crippen LogP) is 0.591. The van der Waals surface area contributed by atoms with Gasteiger partial charge in [0.1, 0.15) is 0 Å². The van der Waals surface area contributed by atoms with Gasteiger partial charge in [-0.15, -0.1) is 0 Å². The maximum Gasteiger partial charge on any atom is 0.217 e. The van der Waals surface area contributed by atoms with Gasteiger partial charge in [0.05, 0.1) is 28.3 Å². The Balaban J connectivity index is -0.000000138. The fourth-order valence-corrected chi connectivity index (χ4v) is 0. The molecule has 0 rings (SSSR count). The van der Waals surface area contributed by atoms with Gasteiger partial charge in [0.25, 0.3) is 0 Å². The van der Waals surface area contributed by atoms with E-state index in [1.807, 2.05) is 0 Å². The fourth-order valence-electron chi connectivity index (χ4n) is 0. The van der Waals surface area contributed by atoms with Crippen LogP contribution in [-0.2, 0) is 14.6 Å². The molecular formula is C7H21NO5S. The number of rotatable bonds is 1. The molecule has 0 aliphatic carbocycles. The van der Waals surface area contributed by atoms with E-state index in [1.165, 1.54) is 6.42 Å². The van der Waals surface area contributed by atoms with Crippen molar-refractivity contribution in [1.29, 1.82) is 0 Å². The Kier molecular flexibility index (Phi) is 12.9. The Morgan fingerprint density at radius 3 is 1.36 bits per heavy atom. The summed E-state index contributed by atoms with van der Waals surface area (Å²) in [5, 5.41) is 8.46. The molecule has 0 aromatic rings. The number of hydrogen-bond donors (Lipinski definition) is 1. The third-order valence-electron chi connectivity index (χ3n) is 0.204. The summed E-state index contributed by atoms with van der Waals surface area (Å²) in [5.74, 6) is 0. The molecule has 0 aliphatic heterocycles. The summed E-state index contributed by atoms with van der Waals surface area (Å²) in [5.41, 5.74) is 0. The van der Waals surface area contributed by atoms with E-state index < -0.39 is 10.4 Å². The quantitative estimate of drug-likeness (QED) is 0.309. The fraction of sp³-hybridized carbons (Fsp3) is 1.00. The van der Waals surface area contributed by atoms with Gasteiger partial charge in [-0.1, -0.05) is 20.3 Å². The first-order chi connectivity index (χ1) is 5.97. The maximum absolute atomic E-state index is 9.22. The molecule has 7 heteroatoms.